The first-order valence-corrected chi connectivity index (χ1v) is 8.31. The Hall–Kier alpha value is -2.49. The molecule has 0 heterocycles. The highest BCUT2D eigenvalue weighted by Gasteiger charge is 2.09. The minimum absolute atomic E-state index is 0.0805. The Kier molecular flexibility index (Phi) is 5.59. The van der Waals surface area contributed by atoms with Crippen LogP contribution in [0, 0.1) is 0 Å². The first kappa shape index (κ1) is 17.3. The number of para-hydroxylation sites is 1. The molecule has 3 aromatic carbocycles. The first-order valence-electron chi connectivity index (χ1n) is 7.56. The summed E-state index contributed by atoms with van der Waals surface area (Å²) in [6.07, 6.45) is 0. The molecule has 0 unspecified atom stereocenters. The summed E-state index contributed by atoms with van der Waals surface area (Å²) in [6, 6.07) is 21.2. The van der Waals surface area contributed by atoms with Crippen LogP contribution in [0.2, 0.25) is 10.0 Å². The zero-order valence-corrected chi connectivity index (χ0v) is 14.6. The number of hydrogen-bond donors (Lipinski definition) is 0. The Morgan fingerprint density at radius 1 is 0.840 bits per heavy atom. The molecular weight excluding hydrogens is 359 g/mol. The van der Waals surface area contributed by atoms with Gasteiger partial charge in [0.05, 0.1) is 5.56 Å². The maximum Gasteiger partial charge on any atom is 0.338 e. The van der Waals surface area contributed by atoms with Crippen LogP contribution in [0.1, 0.15) is 15.9 Å². The Morgan fingerprint density at radius 2 is 1.52 bits per heavy atom. The molecule has 0 saturated carbocycles. The lowest BCUT2D eigenvalue weighted by atomic mass is 10.2. The molecule has 0 aliphatic heterocycles. The molecule has 0 saturated heterocycles. The van der Waals surface area contributed by atoms with Crippen molar-refractivity contribution >= 4 is 29.2 Å². The van der Waals surface area contributed by atoms with Gasteiger partial charge >= 0.3 is 5.97 Å². The van der Waals surface area contributed by atoms with Crippen molar-refractivity contribution in [2.24, 2.45) is 0 Å². The quantitative estimate of drug-likeness (QED) is 0.504. The number of benzene rings is 3. The molecule has 0 radical (unpaired) electrons. The van der Waals surface area contributed by atoms with Gasteiger partial charge in [0, 0.05) is 15.6 Å². The third-order valence-electron chi connectivity index (χ3n) is 3.44. The van der Waals surface area contributed by atoms with Crippen LogP contribution in [0.25, 0.3) is 0 Å². The predicted octanol–water partition coefficient (Wildman–Crippen LogP) is 6.14. The van der Waals surface area contributed by atoms with Crippen molar-refractivity contribution in [1.29, 1.82) is 0 Å². The lowest BCUT2D eigenvalue weighted by Crippen LogP contribution is -2.05. The largest absolute Gasteiger partial charge is 0.457 e. The van der Waals surface area contributed by atoms with E-state index in [1.54, 1.807) is 42.5 Å². The van der Waals surface area contributed by atoms with Crippen LogP contribution in [-0.2, 0) is 11.3 Å². The lowest BCUT2D eigenvalue weighted by molar-refractivity contribution is 0.0473. The zero-order chi connectivity index (χ0) is 17.6. The van der Waals surface area contributed by atoms with Gasteiger partial charge in [-0.1, -0.05) is 47.5 Å². The van der Waals surface area contributed by atoms with Gasteiger partial charge in [-0.3, -0.25) is 0 Å². The zero-order valence-electron chi connectivity index (χ0n) is 13.1. The van der Waals surface area contributed by atoms with Gasteiger partial charge in [-0.15, -0.1) is 0 Å². The van der Waals surface area contributed by atoms with Gasteiger partial charge in [-0.05, 0) is 48.5 Å². The molecule has 3 nitrogen and oxygen atoms in total. The molecule has 5 heteroatoms. The average Bonchev–Trinajstić information content (AvgIpc) is 2.62. The molecule has 3 aromatic rings. The number of hydrogen-bond acceptors (Lipinski definition) is 3. The summed E-state index contributed by atoms with van der Waals surface area (Å²) in [7, 11) is 0. The third kappa shape index (κ3) is 4.75. The second-order valence-electron chi connectivity index (χ2n) is 5.25. The molecule has 0 aliphatic rings. The smallest absolute Gasteiger partial charge is 0.338 e. The Bertz CT molecular complexity index is 862. The van der Waals surface area contributed by atoms with Crippen LogP contribution in [-0.4, -0.2) is 5.97 Å². The van der Waals surface area contributed by atoms with E-state index in [1.807, 2.05) is 30.3 Å². The number of carbonyl (C=O) groups is 1. The maximum atomic E-state index is 12.1. The van der Waals surface area contributed by atoms with Crippen LogP contribution >= 0.6 is 23.2 Å². The van der Waals surface area contributed by atoms with Crippen molar-refractivity contribution in [2.75, 3.05) is 0 Å². The molecule has 0 spiro atoms. The summed E-state index contributed by atoms with van der Waals surface area (Å²) >= 11 is 11.9. The van der Waals surface area contributed by atoms with E-state index in [2.05, 4.69) is 0 Å². The predicted molar refractivity (Wildman–Crippen MR) is 98.5 cm³/mol. The number of esters is 1. The lowest BCUT2D eigenvalue weighted by Gasteiger charge is -2.08. The minimum atomic E-state index is -0.433. The number of rotatable bonds is 5. The topological polar surface area (TPSA) is 35.5 Å². The van der Waals surface area contributed by atoms with Crippen LogP contribution in [0.4, 0.5) is 0 Å². The summed E-state index contributed by atoms with van der Waals surface area (Å²) in [4.78, 5) is 12.1. The van der Waals surface area contributed by atoms with Gasteiger partial charge in [0.2, 0.25) is 0 Å². The van der Waals surface area contributed by atoms with E-state index >= 15 is 0 Å². The number of carbonyl (C=O) groups excluding carboxylic acids is 1. The number of halogens is 2. The van der Waals surface area contributed by atoms with Gasteiger partial charge in [0.15, 0.2) is 0 Å². The summed E-state index contributed by atoms with van der Waals surface area (Å²) < 4.78 is 11.0. The standard InChI is InChI=1S/C20H14Cl2O3/c21-16-9-6-15(19(22)12-16)13-24-20(23)14-7-10-18(11-8-14)25-17-4-2-1-3-5-17/h1-12H,13H2. The number of ether oxygens (including phenoxy) is 2. The second-order valence-corrected chi connectivity index (χ2v) is 6.09. The van der Waals surface area contributed by atoms with Crippen molar-refractivity contribution in [3.05, 3.63) is 94.0 Å². The van der Waals surface area contributed by atoms with Gasteiger partial charge in [-0.2, -0.15) is 0 Å². The molecule has 0 fully saturated rings. The second kappa shape index (κ2) is 8.06. The summed E-state index contributed by atoms with van der Waals surface area (Å²) in [6.45, 7) is 0.0805. The molecule has 0 amide bonds. The monoisotopic (exact) mass is 372 g/mol. The van der Waals surface area contributed by atoms with Crippen molar-refractivity contribution in [1.82, 2.24) is 0 Å². The van der Waals surface area contributed by atoms with Crippen molar-refractivity contribution in [3.8, 4) is 11.5 Å². The molecule has 25 heavy (non-hydrogen) atoms. The summed E-state index contributed by atoms with van der Waals surface area (Å²) in [5.74, 6) is 0.941. The molecule has 0 bridgehead atoms. The Morgan fingerprint density at radius 3 is 2.20 bits per heavy atom. The van der Waals surface area contributed by atoms with Crippen molar-refractivity contribution < 1.29 is 14.3 Å². The SMILES string of the molecule is O=C(OCc1ccc(Cl)cc1Cl)c1ccc(Oc2ccccc2)cc1. The van der Waals surface area contributed by atoms with Gasteiger partial charge < -0.3 is 9.47 Å². The van der Waals surface area contributed by atoms with Crippen LogP contribution in [0.5, 0.6) is 11.5 Å². The molecule has 0 atom stereocenters. The molecular formula is C20H14Cl2O3. The first-order chi connectivity index (χ1) is 12.1. The van der Waals surface area contributed by atoms with Gasteiger partial charge in [0.25, 0.3) is 0 Å². The van der Waals surface area contributed by atoms with E-state index in [4.69, 9.17) is 32.7 Å². The van der Waals surface area contributed by atoms with E-state index in [9.17, 15) is 4.79 Å². The van der Waals surface area contributed by atoms with Crippen LogP contribution in [0.3, 0.4) is 0 Å². The highest BCUT2D eigenvalue weighted by Crippen LogP contribution is 2.23. The average molecular weight is 373 g/mol. The highest BCUT2D eigenvalue weighted by atomic mass is 35.5. The van der Waals surface area contributed by atoms with E-state index < -0.39 is 5.97 Å². The third-order valence-corrected chi connectivity index (χ3v) is 4.03. The molecule has 0 aromatic heterocycles. The fourth-order valence-corrected chi connectivity index (χ4v) is 2.61. The van der Waals surface area contributed by atoms with E-state index in [1.165, 1.54) is 0 Å². The Labute approximate surface area is 155 Å². The van der Waals surface area contributed by atoms with E-state index in [-0.39, 0.29) is 6.61 Å². The van der Waals surface area contributed by atoms with Crippen LogP contribution < -0.4 is 4.74 Å². The molecule has 3 rings (SSSR count). The Balaban J connectivity index is 1.60. The van der Waals surface area contributed by atoms with Gasteiger partial charge in [0.1, 0.15) is 18.1 Å². The molecule has 0 aliphatic carbocycles. The maximum absolute atomic E-state index is 12.1. The normalized spacial score (nSPS) is 10.3. The van der Waals surface area contributed by atoms with E-state index in [0.29, 0.717) is 26.9 Å². The summed E-state index contributed by atoms with van der Waals surface area (Å²) in [5.41, 5.74) is 1.13. The fourth-order valence-electron chi connectivity index (χ4n) is 2.15. The highest BCUT2D eigenvalue weighted by molar-refractivity contribution is 6.35. The fraction of sp³-hybridized carbons (Fsp3) is 0.0500. The van der Waals surface area contributed by atoms with Crippen molar-refractivity contribution in [2.45, 2.75) is 6.61 Å². The summed E-state index contributed by atoms with van der Waals surface area (Å²) in [5, 5.41) is 1.00. The minimum Gasteiger partial charge on any atom is -0.457 e. The molecule has 126 valence electrons. The van der Waals surface area contributed by atoms with Crippen molar-refractivity contribution in [3.63, 3.8) is 0 Å². The van der Waals surface area contributed by atoms with Gasteiger partial charge in [-0.25, -0.2) is 4.79 Å². The van der Waals surface area contributed by atoms with E-state index in [0.717, 1.165) is 5.75 Å². The molecule has 0 N–H and O–H groups in total. The van der Waals surface area contributed by atoms with Crippen LogP contribution in [0.15, 0.2) is 72.8 Å².